The maximum Gasteiger partial charge on any atom is 0.277 e. The second-order valence-corrected chi connectivity index (χ2v) is 9.39. The third kappa shape index (κ3) is 4.04. The number of carbonyl (C=O) groups excluding carboxylic acids is 1. The fourth-order valence-electron chi connectivity index (χ4n) is 3.09. The number of rotatable bonds is 6. The maximum atomic E-state index is 13.2. The van der Waals surface area contributed by atoms with Crippen molar-refractivity contribution in [1.82, 2.24) is 19.3 Å². The van der Waals surface area contributed by atoms with Crippen molar-refractivity contribution in [3.05, 3.63) is 59.1 Å². The Labute approximate surface area is 177 Å². The van der Waals surface area contributed by atoms with Gasteiger partial charge in [0.15, 0.2) is 5.13 Å². The van der Waals surface area contributed by atoms with Gasteiger partial charge in [-0.1, -0.05) is 12.1 Å². The van der Waals surface area contributed by atoms with Gasteiger partial charge in [0, 0.05) is 30.2 Å². The number of ether oxygens (including phenoxy) is 1. The van der Waals surface area contributed by atoms with Crippen molar-refractivity contribution >= 4 is 32.4 Å². The van der Waals surface area contributed by atoms with Gasteiger partial charge in [-0.25, -0.2) is 18.4 Å². The number of nitrogens with zero attached hydrogens (tertiary/aromatic N) is 4. The summed E-state index contributed by atoms with van der Waals surface area (Å²) < 4.78 is 33.3. The first-order valence-electron chi connectivity index (χ1n) is 9.27. The first kappa shape index (κ1) is 20.4. The van der Waals surface area contributed by atoms with Gasteiger partial charge in [-0.3, -0.25) is 15.1 Å². The molecule has 1 aliphatic rings. The van der Waals surface area contributed by atoms with Gasteiger partial charge in [-0.15, -0.1) is 11.3 Å². The van der Waals surface area contributed by atoms with Crippen molar-refractivity contribution in [1.29, 1.82) is 0 Å². The number of sulfonamides is 1. The summed E-state index contributed by atoms with van der Waals surface area (Å²) in [5.74, 6) is -0.0728. The Morgan fingerprint density at radius 3 is 2.90 bits per heavy atom. The van der Waals surface area contributed by atoms with Crippen molar-refractivity contribution in [3.63, 3.8) is 0 Å². The molecule has 1 N–H and O–H groups in total. The van der Waals surface area contributed by atoms with Crippen LogP contribution in [0.2, 0.25) is 0 Å². The fourth-order valence-corrected chi connectivity index (χ4v) is 5.73. The minimum absolute atomic E-state index is 0.149. The van der Waals surface area contributed by atoms with Crippen LogP contribution in [0.1, 0.15) is 28.0 Å². The van der Waals surface area contributed by atoms with Gasteiger partial charge in [-0.05, 0) is 19.1 Å². The molecule has 30 heavy (non-hydrogen) atoms. The molecule has 3 heterocycles. The number of hydrogen-bond acceptors (Lipinski definition) is 8. The molecule has 1 amide bonds. The van der Waals surface area contributed by atoms with Crippen LogP contribution in [0, 0.1) is 0 Å². The number of aromatic nitrogens is 3. The molecule has 1 aromatic carbocycles. The number of thiazole rings is 1. The maximum absolute atomic E-state index is 13.2. The van der Waals surface area contributed by atoms with E-state index < -0.39 is 15.9 Å². The zero-order valence-corrected chi connectivity index (χ0v) is 17.7. The topological polar surface area (TPSA) is 114 Å². The number of fused-ring (bicyclic) bond motifs is 1. The summed E-state index contributed by atoms with van der Waals surface area (Å²) in [4.78, 5) is 25.5. The van der Waals surface area contributed by atoms with Crippen LogP contribution in [0.3, 0.4) is 0 Å². The third-order valence-electron chi connectivity index (χ3n) is 4.48. The summed E-state index contributed by atoms with van der Waals surface area (Å²) in [7, 11) is -3.73. The van der Waals surface area contributed by atoms with E-state index in [9.17, 15) is 13.2 Å². The molecule has 11 heteroatoms. The number of anilines is 1. The molecule has 1 aliphatic heterocycles. The Balaban J connectivity index is 1.54. The fraction of sp³-hybridized carbons (Fsp3) is 0.263. The zero-order chi connectivity index (χ0) is 21.1. The predicted octanol–water partition coefficient (Wildman–Crippen LogP) is 2.33. The van der Waals surface area contributed by atoms with E-state index in [1.165, 1.54) is 34.2 Å². The Morgan fingerprint density at radius 1 is 1.30 bits per heavy atom. The molecular weight excluding hydrogens is 426 g/mol. The van der Waals surface area contributed by atoms with Gasteiger partial charge in [0.1, 0.15) is 16.3 Å². The lowest BCUT2D eigenvalue weighted by atomic mass is 10.2. The van der Waals surface area contributed by atoms with Crippen LogP contribution in [0.15, 0.2) is 47.8 Å². The van der Waals surface area contributed by atoms with Crippen LogP contribution in [0.4, 0.5) is 5.13 Å². The molecule has 0 saturated heterocycles. The minimum atomic E-state index is -3.73. The van der Waals surface area contributed by atoms with Crippen molar-refractivity contribution in [2.75, 3.05) is 18.5 Å². The van der Waals surface area contributed by atoms with Crippen LogP contribution in [-0.2, 0) is 23.0 Å². The molecule has 4 rings (SSSR count). The summed E-state index contributed by atoms with van der Waals surface area (Å²) in [5, 5.41) is 3.11. The van der Waals surface area contributed by atoms with Gasteiger partial charge >= 0.3 is 0 Å². The Morgan fingerprint density at radius 2 is 2.13 bits per heavy atom. The average molecular weight is 446 g/mol. The number of nitrogens with one attached hydrogen (secondary N) is 1. The highest BCUT2D eigenvalue weighted by Crippen LogP contribution is 2.33. The number of amides is 1. The molecule has 0 spiro atoms. The van der Waals surface area contributed by atoms with Crippen LogP contribution < -0.4 is 10.1 Å². The molecule has 0 fully saturated rings. The van der Waals surface area contributed by atoms with Crippen molar-refractivity contribution in [2.45, 2.75) is 24.8 Å². The molecule has 2 aromatic heterocycles. The SMILES string of the molecule is CCOc1ccccc1S(=O)(=O)N1CCc2nc(NC(=O)c3cnccn3)sc2C1. The standard InChI is InChI=1S/C19H19N5O4S2/c1-2-28-15-5-3-4-6-17(15)30(26,27)24-10-7-13-16(12-24)29-19(22-13)23-18(25)14-11-20-8-9-21-14/h3-6,8-9,11H,2,7,10,12H2,1H3,(H,22,23,25). The lowest BCUT2D eigenvalue weighted by Crippen LogP contribution is -2.35. The highest BCUT2D eigenvalue weighted by atomic mass is 32.2. The summed E-state index contributed by atoms with van der Waals surface area (Å²) in [6.45, 7) is 2.68. The largest absolute Gasteiger partial charge is 0.492 e. The Hall–Kier alpha value is -2.89. The van der Waals surface area contributed by atoms with E-state index in [4.69, 9.17) is 4.74 Å². The van der Waals surface area contributed by atoms with E-state index in [0.717, 1.165) is 10.6 Å². The second kappa shape index (κ2) is 8.46. The molecule has 9 nitrogen and oxygen atoms in total. The molecule has 0 aliphatic carbocycles. The molecular formula is C19H19N5O4S2. The quantitative estimate of drug-likeness (QED) is 0.619. The average Bonchev–Trinajstić information content (AvgIpc) is 3.16. The van der Waals surface area contributed by atoms with Crippen molar-refractivity contribution in [2.24, 2.45) is 0 Å². The van der Waals surface area contributed by atoms with Crippen LogP contribution in [-0.4, -0.2) is 46.7 Å². The van der Waals surface area contributed by atoms with E-state index in [1.807, 2.05) is 6.92 Å². The Kier molecular flexibility index (Phi) is 5.75. The molecule has 156 valence electrons. The van der Waals surface area contributed by atoms with Gasteiger partial charge in [0.05, 0.1) is 25.0 Å². The number of para-hydroxylation sites is 1. The van der Waals surface area contributed by atoms with Crippen LogP contribution in [0.25, 0.3) is 0 Å². The molecule has 0 radical (unpaired) electrons. The number of carbonyl (C=O) groups is 1. The van der Waals surface area contributed by atoms with Gasteiger partial charge in [0.25, 0.3) is 5.91 Å². The summed E-state index contributed by atoms with van der Waals surface area (Å²) in [6, 6.07) is 6.62. The van der Waals surface area contributed by atoms with Crippen molar-refractivity contribution < 1.29 is 17.9 Å². The number of hydrogen-bond donors (Lipinski definition) is 1. The lowest BCUT2D eigenvalue weighted by molar-refractivity contribution is 0.102. The lowest BCUT2D eigenvalue weighted by Gasteiger charge is -2.26. The highest BCUT2D eigenvalue weighted by molar-refractivity contribution is 7.89. The van der Waals surface area contributed by atoms with E-state index in [-0.39, 0.29) is 17.1 Å². The smallest absolute Gasteiger partial charge is 0.277 e. The normalized spacial score (nSPS) is 14.2. The van der Waals surface area contributed by atoms with Crippen LogP contribution in [0.5, 0.6) is 5.75 Å². The highest BCUT2D eigenvalue weighted by Gasteiger charge is 2.32. The zero-order valence-electron chi connectivity index (χ0n) is 16.1. The van der Waals surface area contributed by atoms with Gasteiger partial charge in [0.2, 0.25) is 10.0 Å². The van der Waals surface area contributed by atoms with E-state index in [0.29, 0.717) is 30.5 Å². The summed E-state index contributed by atoms with van der Waals surface area (Å²) in [6.07, 6.45) is 4.75. The van der Waals surface area contributed by atoms with Gasteiger partial charge < -0.3 is 4.74 Å². The molecule has 0 saturated carbocycles. The van der Waals surface area contributed by atoms with Crippen LogP contribution >= 0.6 is 11.3 Å². The monoisotopic (exact) mass is 445 g/mol. The first-order valence-corrected chi connectivity index (χ1v) is 11.5. The molecule has 0 bridgehead atoms. The predicted molar refractivity (Wildman–Crippen MR) is 111 cm³/mol. The van der Waals surface area contributed by atoms with E-state index >= 15 is 0 Å². The van der Waals surface area contributed by atoms with Gasteiger partial charge in [-0.2, -0.15) is 4.31 Å². The molecule has 3 aromatic rings. The second-order valence-electron chi connectivity index (χ2n) is 6.40. The van der Waals surface area contributed by atoms with E-state index in [1.54, 1.807) is 24.3 Å². The van der Waals surface area contributed by atoms with E-state index in [2.05, 4.69) is 20.3 Å². The minimum Gasteiger partial charge on any atom is -0.492 e. The summed E-state index contributed by atoms with van der Waals surface area (Å²) in [5.41, 5.74) is 0.974. The number of benzene rings is 1. The molecule has 0 atom stereocenters. The summed E-state index contributed by atoms with van der Waals surface area (Å²) >= 11 is 1.26. The Bertz CT molecular complexity index is 1160. The molecule has 0 unspecified atom stereocenters. The first-order chi connectivity index (χ1) is 14.5. The van der Waals surface area contributed by atoms with Crippen molar-refractivity contribution in [3.8, 4) is 5.75 Å². The third-order valence-corrected chi connectivity index (χ3v) is 7.36.